The van der Waals surface area contributed by atoms with E-state index in [9.17, 15) is 14.4 Å². The topological polar surface area (TPSA) is 90.5 Å². The van der Waals surface area contributed by atoms with Crippen molar-refractivity contribution >= 4 is 58.0 Å². The lowest BCUT2D eigenvalue weighted by Gasteiger charge is -2.19. The molecular formula is C20H22Cl2N4O3. The number of carbonyl (C=O) groups excluding carboxylic acids is 3. The van der Waals surface area contributed by atoms with Gasteiger partial charge in [-0.2, -0.15) is 0 Å². The molecule has 0 aliphatic heterocycles. The van der Waals surface area contributed by atoms with E-state index in [1.165, 1.54) is 6.92 Å². The Kier molecular flexibility index (Phi) is 8.45. The van der Waals surface area contributed by atoms with Crippen LogP contribution in [-0.2, 0) is 14.4 Å². The summed E-state index contributed by atoms with van der Waals surface area (Å²) in [7, 11) is 0. The third kappa shape index (κ3) is 8.11. The van der Waals surface area contributed by atoms with Crippen LogP contribution < -0.4 is 16.0 Å². The fraction of sp³-hybridized carbons (Fsp3) is 0.250. The molecule has 2 rings (SSSR count). The number of hydrogen-bond acceptors (Lipinski definition) is 4. The number of nitrogens with zero attached hydrogens (tertiary/aromatic N) is 1. The Morgan fingerprint density at radius 3 is 1.69 bits per heavy atom. The maximum atomic E-state index is 12.3. The van der Waals surface area contributed by atoms with E-state index < -0.39 is 0 Å². The maximum absolute atomic E-state index is 12.3. The molecule has 0 fully saturated rings. The van der Waals surface area contributed by atoms with Gasteiger partial charge in [0, 0.05) is 34.0 Å². The summed E-state index contributed by atoms with van der Waals surface area (Å²) in [6, 6.07) is 11.5. The Balaban J connectivity index is 1.87. The number of nitrogens with one attached hydrogen (secondary N) is 3. The zero-order valence-electron chi connectivity index (χ0n) is 16.1. The second kappa shape index (κ2) is 10.8. The molecule has 0 unspecified atom stereocenters. The number of hydrogen-bond donors (Lipinski definition) is 3. The van der Waals surface area contributed by atoms with Gasteiger partial charge in [0.05, 0.1) is 13.1 Å². The smallest absolute Gasteiger partial charge is 0.238 e. The van der Waals surface area contributed by atoms with Crippen LogP contribution in [0.1, 0.15) is 13.8 Å². The van der Waals surface area contributed by atoms with Crippen molar-refractivity contribution < 1.29 is 14.4 Å². The average Bonchev–Trinajstić information content (AvgIpc) is 2.61. The number of halogens is 2. The highest BCUT2D eigenvalue weighted by Gasteiger charge is 2.14. The fourth-order valence-corrected chi connectivity index (χ4v) is 3.08. The summed E-state index contributed by atoms with van der Waals surface area (Å²) >= 11 is 11.9. The first-order valence-corrected chi connectivity index (χ1v) is 9.66. The van der Waals surface area contributed by atoms with Crippen molar-refractivity contribution in [1.82, 2.24) is 4.90 Å². The van der Waals surface area contributed by atoms with Gasteiger partial charge >= 0.3 is 0 Å². The summed E-state index contributed by atoms with van der Waals surface area (Å²) in [6.07, 6.45) is 0. The minimum Gasteiger partial charge on any atom is -0.326 e. The van der Waals surface area contributed by atoms with Crippen molar-refractivity contribution in [2.75, 3.05) is 35.6 Å². The van der Waals surface area contributed by atoms with E-state index in [0.717, 1.165) is 0 Å². The number of anilines is 3. The van der Waals surface area contributed by atoms with Crippen molar-refractivity contribution in [3.05, 3.63) is 52.5 Å². The first-order chi connectivity index (χ1) is 13.7. The molecule has 0 saturated heterocycles. The summed E-state index contributed by atoms with van der Waals surface area (Å²) in [5.74, 6) is -0.700. The zero-order valence-corrected chi connectivity index (χ0v) is 17.6. The molecule has 0 heterocycles. The van der Waals surface area contributed by atoms with Crippen LogP contribution in [0.2, 0.25) is 10.0 Å². The number of amides is 3. The van der Waals surface area contributed by atoms with Gasteiger partial charge in [0.15, 0.2) is 0 Å². The minimum absolute atomic E-state index is 0.0372. The largest absolute Gasteiger partial charge is 0.326 e. The molecule has 0 aliphatic rings. The SMILES string of the molecule is CCN(CC(=O)Nc1ccc(NC(C)=O)cc1)CC(=O)Nc1cc(Cl)cc(Cl)c1. The number of rotatable bonds is 8. The van der Waals surface area contributed by atoms with Crippen LogP contribution in [-0.4, -0.2) is 42.3 Å². The summed E-state index contributed by atoms with van der Waals surface area (Å²) < 4.78 is 0. The van der Waals surface area contributed by atoms with Crippen molar-refractivity contribution in [1.29, 1.82) is 0 Å². The van der Waals surface area contributed by atoms with E-state index in [1.807, 2.05) is 6.92 Å². The van der Waals surface area contributed by atoms with Gasteiger partial charge in [-0.3, -0.25) is 19.3 Å². The predicted molar refractivity (Wildman–Crippen MR) is 117 cm³/mol. The first-order valence-electron chi connectivity index (χ1n) is 8.91. The molecule has 0 aromatic heterocycles. The van der Waals surface area contributed by atoms with Gasteiger partial charge in [0.2, 0.25) is 17.7 Å². The summed E-state index contributed by atoms with van der Waals surface area (Å²) in [4.78, 5) is 37.3. The molecule has 2 aromatic rings. The van der Waals surface area contributed by atoms with Crippen LogP contribution in [0.5, 0.6) is 0 Å². The van der Waals surface area contributed by atoms with Crippen LogP contribution in [0.3, 0.4) is 0 Å². The van der Waals surface area contributed by atoms with Crippen LogP contribution in [0.25, 0.3) is 0 Å². The standard InChI is InChI=1S/C20H22Cl2N4O3/c1-3-26(12-20(29)25-18-9-14(21)8-15(22)10-18)11-19(28)24-17-6-4-16(5-7-17)23-13(2)27/h4-10H,3,11-12H2,1-2H3,(H,23,27)(H,24,28)(H,25,29). The quantitative estimate of drug-likeness (QED) is 0.585. The molecule has 0 radical (unpaired) electrons. The van der Waals surface area contributed by atoms with Gasteiger partial charge in [0.25, 0.3) is 0 Å². The normalized spacial score (nSPS) is 10.5. The Morgan fingerprint density at radius 2 is 1.24 bits per heavy atom. The second-order valence-corrected chi connectivity index (χ2v) is 7.19. The van der Waals surface area contributed by atoms with E-state index in [1.54, 1.807) is 47.4 Å². The molecule has 2 aromatic carbocycles. The van der Waals surface area contributed by atoms with E-state index in [0.29, 0.717) is 33.7 Å². The van der Waals surface area contributed by atoms with Crippen LogP contribution in [0.15, 0.2) is 42.5 Å². The van der Waals surface area contributed by atoms with Crippen molar-refractivity contribution in [3.63, 3.8) is 0 Å². The minimum atomic E-state index is -0.280. The van der Waals surface area contributed by atoms with Gasteiger partial charge in [-0.1, -0.05) is 30.1 Å². The highest BCUT2D eigenvalue weighted by Crippen LogP contribution is 2.22. The summed E-state index contributed by atoms with van der Waals surface area (Å²) in [5, 5.41) is 8.98. The van der Waals surface area contributed by atoms with E-state index in [2.05, 4.69) is 16.0 Å². The first kappa shape index (κ1) is 22.7. The van der Waals surface area contributed by atoms with Gasteiger partial charge in [-0.15, -0.1) is 0 Å². The third-order valence-electron chi connectivity index (χ3n) is 3.82. The fourth-order valence-electron chi connectivity index (χ4n) is 2.55. The molecule has 0 saturated carbocycles. The molecular weight excluding hydrogens is 415 g/mol. The Hall–Kier alpha value is -2.61. The zero-order chi connectivity index (χ0) is 21.4. The molecule has 0 aliphatic carbocycles. The molecule has 29 heavy (non-hydrogen) atoms. The highest BCUT2D eigenvalue weighted by molar-refractivity contribution is 6.35. The van der Waals surface area contributed by atoms with Crippen LogP contribution in [0.4, 0.5) is 17.1 Å². The molecule has 9 heteroatoms. The lowest BCUT2D eigenvalue weighted by Crippen LogP contribution is -2.38. The van der Waals surface area contributed by atoms with Crippen molar-refractivity contribution in [2.45, 2.75) is 13.8 Å². The van der Waals surface area contributed by atoms with Crippen LogP contribution >= 0.6 is 23.2 Å². The molecule has 154 valence electrons. The van der Waals surface area contributed by atoms with Gasteiger partial charge < -0.3 is 16.0 Å². The molecule has 7 nitrogen and oxygen atoms in total. The average molecular weight is 437 g/mol. The van der Waals surface area contributed by atoms with Gasteiger partial charge in [-0.25, -0.2) is 0 Å². The van der Waals surface area contributed by atoms with Crippen molar-refractivity contribution in [2.24, 2.45) is 0 Å². The lowest BCUT2D eigenvalue weighted by molar-refractivity contribution is -0.120. The number of likely N-dealkylation sites (N-methyl/N-ethyl adjacent to an activating group) is 1. The number of benzene rings is 2. The van der Waals surface area contributed by atoms with Gasteiger partial charge in [-0.05, 0) is 49.0 Å². The predicted octanol–water partition coefficient (Wildman–Crippen LogP) is 3.85. The molecule has 0 atom stereocenters. The highest BCUT2D eigenvalue weighted by atomic mass is 35.5. The van der Waals surface area contributed by atoms with Crippen molar-refractivity contribution in [3.8, 4) is 0 Å². The molecule has 0 bridgehead atoms. The van der Waals surface area contributed by atoms with E-state index >= 15 is 0 Å². The van der Waals surface area contributed by atoms with Crippen LogP contribution in [0, 0.1) is 0 Å². The Morgan fingerprint density at radius 1 is 0.793 bits per heavy atom. The lowest BCUT2D eigenvalue weighted by atomic mass is 10.2. The Labute approximate surface area is 179 Å². The monoisotopic (exact) mass is 436 g/mol. The third-order valence-corrected chi connectivity index (χ3v) is 4.25. The molecule has 3 N–H and O–H groups in total. The number of carbonyl (C=O) groups is 3. The molecule has 3 amide bonds. The maximum Gasteiger partial charge on any atom is 0.238 e. The van der Waals surface area contributed by atoms with E-state index in [4.69, 9.17) is 23.2 Å². The van der Waals surface area contributed by atoms with Gasteiger partial charge in [0.1, 0.15) is 0 Å². The Bertz CT molecular complexity index is 868. The molecule has 0 spiro atoms. The second-order valence-electron chi connectivity index (χ2n) is 6.32. The summed E-state index contributed by atoms with van der Waals surface area (Å²) in [5.41, 5.74) is 1.73. The summed E-state index contributed by atoms with van der Waals surface area (Å²) in [6.45, 7) is 3.88. The van der Waals surface area contributed by atoms with E-state index in [-0.39, 0.29) is 30.8 Å².